The molecule has 1 aromatic carbocycles. The Balaban J connectivity index is 2.42. The van der Waals surface area contributed by atoms with Crippen molar-refractivity contribution in [3.8, 4) is 0 Å². The predicted octanol–water partition coefficient (Wildman–Crippen LogP) is 3.13. The molecule has 2 nitrogen and oxygen atoms in total. The van der Waals surface area contributed by atoms with Crippen molar-refractivity contribution in [2.24, 2.45) is 0 Å². The summed E-state index contributed by atoms with van der Waals surface area (Å²) in [5, 5.41) is 0. The van der Waals surface area contributed by atoms with Gasteiger partial charge in [-0.15, -0.1) is 0 Å². The third-order valence-electron chi connectivity index (χ3n) is 2.37. The zero-order valence-electron chi connectivity index (χ0n) is 8.78. The Morgan fingerprint density at radius 3 is 2.60 bits per heavy atom. The number of furan rings is 1. The van der Waals surface area contributed by atoms with E-state index in [1.54, 1.807) is 12.1 Å². The maximum Gasteiger partial charge on any atom is 0.228 e. The minimum Gasteiger partial charge on any atom is -0.461 e. The van der Waals surface area contributed by atoms with Crippen molar-refractivity contribution >= 4 is 5.78 Å². The molecule has 0 saturated carbocycles. The van der Waals surface area contributed by atoms with Crippen LogP contribution >= 0.6 is 0 Å². The Labute approximate surface area is 88.5 Å². The summed E-state index contributed by atoms with van der Waals surface area (Å²) in [6.45, 7) is 3.94. The molecule has 15 heavy (non-hydrogen) atoms. The van der Waals surface area contributed by atoms with Crippen molar-refractivity contribution in [1.29, 1.82) is 0 Å². The summed E-state index contributed by atoms with van der Waals surface area (Å²) >= 11 is 0. The fraction of sp³-hybridized carbons (Fsp3) is 0.154. The maximum absolute atomic E-state index is 11.9. The van der Waals surface area contributed by atoms with Gasteiger partial charge in [0.05, 0.1) is 6.26 Å². The van der Waals surface area contributed by atoms with Gasteiger partial charge >= 0.3 is 0 Å². The molecule has 0 spiro atoms. The number of carbonyl (C=O) groups is 1. The highest BCUT2D eigenvalue weighted by Crippen LogP contribution is 2.15. The molecule has 0 aliphatic rings. The fourth-order valence-corrected chi connectivity index (χ4v) is 1.61. The molecule has 0 unspecified atom stereocenters. The summed E-state index contributed by atoms with van der Waals surface area (Å²) in [5.41, 5.74) is 2.84. The number of ketones is 1. The first-order valence-corrected chi connectivity index (χ1v) is 4.84. The second-order valence-electron chi connectivity index (χ2n) is 3.62. The van der Waals surface area contributed by atoms with E-state index < -0.39 is 0 Å². The first-order valence-electron chi connectivity index (χ1n) is 4.84. The highest BCUT2D eigenvalue weighted by Gasteiger charge is 2.13. The quantitative estimate of drug-likeness (QED) is 0.697. The Kier molecular flexibility index (Phi) is 2.42. The number of benzene rings is 1. The van der Waals surface area contributed by atoms with Crippen molar-refractivity contribution in [1.82, 2.24) is 0 Å². The molecule has 2 aromatic rings. The largest absolute Gasteiger partial charge is 0.461 e. The lowest BCUT2D eigenvalue weighted by molar-refractivity contribution is 0.101. The van der Waals surface area contributed by atoms with Crippen LogP contribution in [0.3, 0.4) is 0 Å². The summed E-state index contributed by atoms with van der Waals surface area (Å²) in [5.74, 6) is 0.333. The van der Waals surface area contributed by atoms with E-state index in [0.717, 1.165) is 11.1 Å². The molecule has 1 aromatic heterocycles. The first kappa shape index (κ1) is 9.71. The number of hydrogen-bond donors (Lipinski definition) is 0. The van der Waals surface area contributed by atoms with Crippen molar-refractivity contribution in [3.63, 3.8) is 0 Å². The number of rotatable bonds is 2. The van der Waals surface area contributed by atoms with Crippen LogP contribution in [0.5, 0.6) is 0 Å². The number of hydrogen-bond acceptors (Lipinski definition) is 2. The maximum atomic E-state index is 11.9. The van der Waals surface area contributed by atoms with E-state index in [9.17, 15) is 4.79 Å². The summed E-state index contributed by atoms with van der Waals surface area (Å²) in [6, 6.07) is 9.17. The molecule has 0 atom stereocenters. The first-order chi connectivity index (χ1) is 7.18. The van der Waals surface area contributed by atoms with Crippen LogP contribution in [0.1, 0.15) is 27.2 Å². The molecule has 0 fully saturated rings. The van der Waals surface area contributed by atoms with Gasteiger partial charge in [-0.2, -0.15) is 0 Å². The summed E-state index contributed by atoms with van der Waals surface area (Å²) < 4.78 is 5.09. The normalized spacial score (nSPS) is 10.3. The molecule has 0 amide bonds. The number of carbonyl (C=O) groups excluding carboxylic acids is 1. The molecule has 0 bridgehead atoms. The van der Waals surface area contributed by atoms with Crippen LogP contribution in [-0.2, 0) is 0 Å². The molecule has 0 aliphatic heterocycles. The minimum atomic E-state index is -0.0579. The van der Waals surface area contributed by atoms with Crippen molar-refractivity contribution in [2.45, 2.75) is 13.8 Å². The highest BCUT2D eigenvalue weighted by molar-refractivity contribution is 6.08. The van der Waals surface area contributed by atoms with Gasteiger partial charge in [0.25, 0.3) is 0 Å². The SMILES string of the molecule is Cc1ccc(C(=O)c2ccco2)c(C)c1. The average molecular weight is 200 g/mol. The van der Waals surface area contributed by atoms with E-state index in [0.29, 0.717) is 11.3 Å². The van der Waals surface area contributed by atoms with Gasteiger partial charge in [-0.25, -0.2) is 0 Å². The van der Waals surface area contributed by atoms with E-state index in [2.05, 4.69) is 0 Å². The second-order valence-corrected chi connectivity index (χ2v) is 3.62. The summed E-state index contributed by atoms with van der Waals surface area (Å²) in [4.78, 5) is 11.9. The molecule has 0 saturated heterocycles. The fourth-order valence-electron chi connectivity index (χ4n) is 1.61. The van der Waals surface area contributed by atoms with E-state index in [4.69, 9.17) is 4.42 Å². The Hall–Kier alpha value is -1.83. The van der Waals surface area contributed by atoms with Crippen molar-refractivity contribution in [2.75, 3.05) is 0 Å². The van der Waals surface area contributed by atoms with Gasteiger partial charge < -0.3 is 4.42 Å². The molecule has 0 radical (unpaired) electrons. The minimum absolute atomic E-state index is 0.0579. The third kappa shape index (κ3) is 1.84. The van der Waals surface area contributed by atoms with Crippen LogP contribution in [0.2, 0.25) is 0 Å². The third-order valence-corrected chi connectivity index (χ3v) is 2.37. The van der Waals surface area contributed by atoms with Crippen LogP contribution in [0.4, 0.5) is 0 Å². The lowest BCUT2D eigenvalue weighted by Crippen LogP contribution is -2.02. The summed E-state index contributed by atoms with van der Waals surface area (Å²) in [7, 11) is 0. The lowest BCUT2D eigenvalue weighted by Gasteiger charge is -2.03. The molecule has 2 rings (SSSR count). The topological polar surface area (TPSA) is 30.2 Å². The van der Waals surface area contributed by atoms with Gasteiger partial charge in [0.15, 0.2) is 5.76 Å². The van der Waals surface area contributed by atoms with Crippen LogP contribution in [0.15, 0.2) is 41.0 Å². The highest BCUT2D eigenvalue weighted by atomic mass is 16.3. The monoisotopic (exact) mass is 200 g/mol. The van der Waals surface area contributed by atoms with E-state index in [1.807, 2.05) is 32.0 Å². The average Bonchev–Trinajstić information content (AvgIpc) is 2.69. The van der Waals surface area contributed by atoms with Crippen molar-refractivity contribution < 1.29 is 9.21 Å². The molecule has 76 valence electrons. The standard InChI is InChI=1S/C13H12O2/c1-9-5-6-11(10(2)8-9)13(14)12-4-3-7-15-12/h3-8H,1-2H3. The van der Waals surface area contributed by atoms with Crippen LogP contribution in [0, 0.1) is 13.8 Å². The second kappa shape index (κ2) is 3.73. The molecular weight excluding hydrogens is 188 g/mol. The summed E-state index contributed by atoms with van der Waals surface area (Å²) in [6.07, 6.45) is 1.51. The lowest BCUT2D eigenvalue weighted by atomic mass is 10.0. The smallest absolute Gasteiger partial charge is 0.228 e. The van der Waals surface area contributed by atoms with Gasteiger partial charge in [-0.1, -0.05) is 23.8 Å². The molecule has 1 heterocycles. The zero-order valence-corrected chi connectivity index (χ0v) is 8.78. The van der Waals surface area contributed by atoms with Gasteiger partial charge in [0.2, 0.25) is 5.78 Å². The van der Waals surface area contributed by atoms with Gasteiger partial charge in [-0.3, -0.25) is 4.79 Å². The zero-order chi connectivity index (χ0) is 10.8. The van der Waals surface area contributed by atoms with E-state index in [1.165, 1.54) is 6.26 Å². The van der Waals surface area contributed by atoms with Crippen LogP contribution < -0.4 is 0 Å². The van der Waals surface area contributed by atoms with Gasteiger partial charge in [0.1, 0.15) is 0 Å². The Bertz CT molecular complexity index is 481. The van der Waals surface area contributed by atoms with Crippen molar-refractivity contribution in [3.05, 3.63) is 59.0 Å². The van der Waals surface area contributed by atoms with Gasteiger partial charge in [-0.05, 0) is 31.5 Å². The Morgan fingerprint density at radius 1 is 1.20 bits per heavy atom. The van der Waals surface area contributed by atoms with Crippen LogP contribution in [-0.4, -0.2) is 5.78 Å². The molecule has 0 N–H and O–H groups in total. The van der Waals surface area contributed by atoms with E-state index in [-0.39, 0.29) is 5.78 Å². The predicted molar refractivity (Wildman–Crippen MR) is 58.1 cm³/mol. The molecular formula is C13H12O2. The van der Waals surface area contributed by atoms with Gasteiger partial charge in [0, 0.05) is 5.56 Å². The van der Waals surface area contributed by atoms with E-state index >= 15 is 0 Å². The van der Waals surface area contributed by atoms with Crippen LogP contribution in [0.25, 0.3) is 0 Å². The Morgan fingerprint density at radius 2 is 2.00 bits per heavy atom. The molecule has 0 aliphatic carbocycles. The number of aryl methyl sites for hydroxylation is 2. The molecule has 2 heteroatoms.